The average Bonchev–Trinajstić information content (AvgIpc) is 3.11. The summed E-state index contributed by atoms with van der Waals surface area (Å²) in [5.41, 5.74) is 0.368. The van der Waals surface area contributed by atoms with E-state index in [1.807, 2.05) is 13.0 Å². The molecule has 0 spiro atoms. The van der Waals surface area contributed by atoms with Crippen molar-refractivity contribution in [3.8, 4) is 0 Å². The molecule has 3 heterocycles. The quantitative estimate of drug-likeness (QED) is 0.859. The highest BCUT2D eigenvalue weighted by Gasteiger charge is 2.36. The van der Waals surface area contributed by atoms with Crippen molar-refractivity contribution in [2.24, 2.45) is 5.92 Å². The van der Waals surface area contributed by atoms with Crippen LogP contribution in [-0.4, -0.2) is 36.9 Å². The van der Waals surface area contributed by atoms with Crippen LogP contribution >= 0.6 is 0 Å². The summed E-state index contributed by atoms with van der Waals surface area (Å²) in [6.45, 7) is 4.87. The molecule has 0 N–H and O–H groups in total. The van der Waals surface area contributed by atoms with Crippen LogP contribution in [0.2, 0.25) is 0 Å². The Morgan fingerprint density at radius 1 is 1.33 bits per heavy atom. The van der Waals surface area contributed by atoms with Gasteiger partial charge in [-0.15, -0.1) is 0 Å². The monoisotopic (exact) mass is 341 g/mol. The minimum absolute atomic E-state index is 0.0934. The van der Waals surface area contributed by atoms with Crippen LogP contribution in [0.25, 0.3) is 0 Å². The van der Waals surface area contributed by atoms with E-state index in [9.17, 15) is 18.0 Å². The molecule has 0 radical (unpaired) electrons. The number of hydrogen-bond acceptors (Lipinski definition) is 3. The summed E-state index contributed by atoms with van der Waals surface area (Å²) in [7, 11) is 0. The van der Waals surface area contributed by atoms with E-state index < -0.39 is 11.9 Å². The van der Waals surface area contributed by atoms with Crippen LogP contribution in [0.15, 0.2) is 18.3 Å². The van der Waals surface area contributed by atoms with Crippen LogP contribution in [0.5, 0.6) is 0 Å². The predicted molar refractivity (Wildman–Crippen MR) is 78.8 cm³/mol. The lowest BCUT2D eigenvalue weighted by Gasteiger charge is -2.29. The summed E-state index contributed by atoms with van der Waals surface area (Å²) in [4.78, 5) is 14.1. The molecule has 2 aromatic rings. The van der Waals surface area contributed by atoms with Gasteiger partial charge in [0.25, 0.3) is 0 Å². The lowest BCUT2D eigenvalue weighted by Crippen LogP contribution is -2.42. The Labute approximate surface area is 136 Å². The average molecular weight is 341 g/mol. The van der Waals surface area contributed by atoms with Gasteiger partial charge in [0.15, 0.2) is 5.69 Å². The highest BCUT2D eigenvalue weighted by Crippen LogP contribution is 2.29. The molecule has 6 nitrogen and oxygen atoms in total. The van der Waals surface area contributed by atoms with Crippen molar-refractivity contribution in [1.82, 2.24) is 24.5 Å². The van der Waals surface area contributed by atoms with Crippen LogP contribution < -0.4 is 0 Å². The van der Waals surface area contributed by atoms with E-state index in [2.05, 4.69) is 10.2 Å². The number of carbonyl (C=O) groups excluding carboxylic acids is 1. The Bertz CT molecular complexity index is 749. The molecule has 0 aromatic carbocycles. The number of nitrogens with zero attached hydrogens (tertiary/aromatic N) is 5. The van der Waals surface area contributed by atoms with Gasteiger partial charge in [-0.05, 0) is 19.1 Å². The molecular weight excluding hydrogens is 323 g/mol. The zero-order valence-corrected chi connectivity index (χ0v) is 13.4. The second-order valence-corrected chi connectivity index (χ2v) is 6.08. The van der Waals surface area contributed by atoms with Gasteiger partial charge in [0.2, 0.25) is 5.91 Å². The molecule has 0 saturated heterocycles. The summed E-state index contributed by atoms with van der Waals surface area (Å²) >= 11 is 0. The molecule has 0 saturated carbocycles. The molecule has 1 atom stereocenters. The van der Waals surface area contributed by atoms with Crippen LogP contribution in [0.4, 0.5) is 13.2 Å². The van der Waals surface area contributed by atoms with Gasteiger partial charge in [0.05, 0.1) is 36.9 Å². The lowest BCUT2D eigenvalue weighted by molar-refractivity contribution is -0.141. The summed E-state index contributed by atoms with van der Waals surface area (Å²) in [5, 5.41) is 7.82. The Hall–Kier alpha value is -2.32. The fraction of sp³-hybridized carbons (Fsp3) is 0.533. The van der Waals surface area contributed by atoms with E-state index in [-0.39, 0.29) is 24.9 Å². The van der Waals surface area contributed by atoms with E-state index in [0.717, 1.165) is 11.8 Å². The smallest absolute Gasteiger partial charge is 0.335 e. The molecule has 3 rings (SSSR count). The molecule has 130 valence electrons. The van der Waals surface area contributed by atoms with Gasteiger partial charge in [-0.1, -0.05) is 6.92 Å². The second-order valence-electron chi connectivity index (χ2n) is 6.08. The number of halogens is 3. The van der Waals surface area contributed by atoms with Crippen LogP contribution in [0.3, 0.4) is 0 Å². The first-order valence-electron chi connectivity index (χ1n) is 7.67. The molecule has 1 aliphatic heterocycles. The van der Waals surface area contributed by atoms with Gasteiger partial charge in [-0.25, -0.2) is 0 Å². The number of amides is 1. The van der Waals surface area contributed by atoms with Crippen LogP contribution in [0, 0.1) is 12.8 Å². The van der Waals surface area contributed by atoms with Gasteiger partial charge < -0.3 is 4.90 Å². The van der Waals surface area contributed by atoms with Crippen LogP contribution in [0.1, 0.15) is 24.0 Å². The van der Waals surface area contributed by atoms with Crippen LogP contribution in [-0.2, 0) is 30.6 Å². The van der Waals surface area contributed by atoms with Gasteiger partial charge in [-0.2, -0.15) is 23.4 Å². The third-order valence-corrected chi connectivity index (χ3v) is 4.06. The topological polar surface area (TPSA) is 56.0 Å². The third-order valence-electron chi connectivity index (χ3n) is 4.06. The standard InChI is InChI=1S/C15H18F3N5O/c1-10(8-22-4-3-11(2)19-22)14(24)21-5-6-23-12(9-21)7-13(20-23)15(16,17)18/h3-4,7,10H,5-6,8-9H2,1-2H3. The summed E-state index contributed by atoms with van der Waals surface area (Å²) < 4.78 is 41.2. The highest BCUT2D eigenvalue weighted by atomic mass is 19.4. The zero-order valence-electron chi connectivity index (χ0n) is 13.4. The maximum Gasteiger partial charge on any atom is 0.435 e. The van der Waals surface area contributed by atoms with E-state index >= 15 is 0 Å². The Kier molecular flexibility index (Phi) is 4.10. The van der Waals surface area contributed by atoms with Crippen molar-refractivity contribution < 1.29 is 18.0 Å². The summed E-state index contributed by atoms with van der Waals surface area (Å²) in [6, 6.07) is 2.87. The normalized spacial score (nSPS) is 16.1. The zero-order chi connectivity index (χ0) is 17.5. The van der Waals surface area contributed by atoms with E-state index in [4.69, 9.17) is 0 Å². The van der Waals surface area contributed by atoms with Crippen molar-refractivity contribution in [3.63, 3.8) is 0 Å². The number of rotatable bonds is 3. The van der Waals surface area contributed by atoms with Crippen molar-refractivity contribution in [3.05, 3.63) is 35.4 Å². The maximum absolute atomic E-state index is 12.7. The molecule has 0 bridgehead atoms. The fourth-order valence-electron chi connectivity index (χ4n) is 2.83. The number of fused-ring (bicyclic) bond motifs is 1. The first-order chi connectivity index (χ1) is 11.2. The lowest BCUT2D eigenvalue weighted by atomic mass is 10.1. The SMILES string of the molecule is Cc1ccn(CC(C)C(=O)N2CCn3nc(C(F)(F)F)cc3C2)n1. The minimum atomic E-state index is -4.47. The predicted octanol–water partition coefficient (Wildman–Crippen LogP) is 2.09. The number of hydrogen-bond donors (Lipinski definition) is 0. The third kappa shape index (κ3) is 3.29. The molecule has 0 fully saturated rings. The second kappa shape index (κ2) is 5.95. The molecule has 24 heavy (non-hydrogen) atoms. The number of alkyl halides is 3. The molecule has 1 aliphatic rings. The largest absolute Gasteiger partial charge is 0.435 e. The van der Waals surface area contributed by atoms with Gasteiger partial charge in [0, 0.05) is 12.7 Å². The number of aromatic nitrogens is 4. The van der Waals surface area contributed by atoms with Crippen molar-refractivity contribution in [2.75, 3.05) is 6.54 Å². The van der Waals surface area contributed by atoms with E-state index in [0.29, 0.717) is 18.8 Å². The highest BCUT2D eigenvalue weighted by molar-refractivity contribution is 5.78. The van der Waals surface area contributed by atoms with Crippen molar-refractivity contribution >= 4 is 5.91 Å². The van der Waals surface area contributed by atoms with Crippen molar-refractivity contribution in [2.45, 2.75) is 39.7 Å². The minimum Gasteiger partial charge on any atom is -0.335 e. The Balaban J connectivity index is 1.68. The molecule has 1 amide bonds. The Morgan fingerprint density at radius 3 is 2.71 bits per heavy atom. The van der Waals surface area contributed by atoms with Gasteiger partial charge in [-0.3, -0.25) is 14.2 Å². The molecule has 9 heteroatoms. The van der Waals surface area contributed by atoms with E-state index in [1.165, 1.54) is 4.68 Å². The number of carbonyl (C=O) groups is 1. The summed E-state index contributed by atoms with van der Waals surface area (Å²) in [5.74, 6) is -0.398. The van der Waals surface area contributed by atoms with Gasteiger partial charge in [0.1, 0.15) is 0 Å². The van der Waals surface area contributed by atoms with Crippen molar-refractivity contribution in [1.29, 1.82) is 0 Å². The van der Waals surface area contributed by atoms with E-state index in [1.54, 1.807) is 22.7 Å². The molecule has 2 aromatic heterocycles. The molecule has 0 aliphatic carbocycles. The first kappa shape index (κ1) is 16.5. The number of aryl methyl sites for hydroxylation is 1. The maximum atomic E-state index is 12.7. The summed E-state index contributed by atoms with van der Waals surface area (Å²) in [6.07, 6.45) is -2.66. The molecular formula is C15H18F3N5O. The first-order valence-corrected chi connectivity index (χ1v) is 7.67. The fourth-order valence-corrected chi connectivity index (χ4v) is 2.83. The molecule has 1 unspecified atom stereocenters. The Morgan fingerprint density at radius 2 is 2.08 bits per heavy atom. The van der Waals surface area contributed by atoms with Gasteiger partial charge >= 0.3 is 6.18 Å².